The highest BCUT2D eigenvalue weighted by molar-refractivity contribution is 5.44. The highest BCUT2D eigenvalue weighted by Gasteiger charge is 2.26. The third kappa shape index (κ3) is 3.21. The maximum absolute atomic E-state index is 5.81. The molecule has 1 aliphatic rings. The minimum absolute atomic E-state index is 0.562. The zero-order valence-electron chi connectivity index (χ0n) is 12.0. The maximum Gasteiger partial charge on any atom is 0.160 e. The van der Waals surface area contributed by atoms with Crippen LogP contribution < -0.4 is 15.2 Å². The fourth-order valence-electron chi connectivity index (χ4n) is 3.30. The molecule has 0 amide bonds. The van der Waals surface area contributed by atoms with Gasteiger partial charge in [-0.15, -0.1) is 0 Å². The van der Waals surface area contributed by atoms with Gasteiger partial charge in [-0.1, -0.05) is 18.9 Å². The number of rotatable bonds is 6. The van der Waals surface area contributed by atoms with Crippen molar-refractivity contribution >= 4 is 0 Å². The molecule has 0 aliphatic heterocycles. The molecule has 3 nitrogen and oxygen atoms in total. The molecule has 1 saturated carbocycles. The third-order valence-electron chi connectivity index (χ3n) is 4.28. The van der Waals surface area contributed by atoms with Gasteiger partial charge in [0.05, 0.1) is 14.2 Å². The summed E-state index contributed by atoms with van der Waals surface area (Å²) in [5.41, 5.74) is 7.15. The summed E-state index contributed by atoms with van der Waals surface area (Å²) in [4.78, 5) is 0. The quantitative estimate of drug-likeness (QED) is 0.856. The lowest BCUT2D eigenvalue weighted by molar-refractivity contribution is 0.352. The Morgan fingerprint density at radius 2 is 1.84 bits per heavy atom. The number of nitrogens with two attached hydrogens (primary N) is 1. The predicted octanol–water partition coefficient (Wildman–Crippen LogP) is 3.33. The number of benzene rings is 1. The van der Waals surface area contributed by atoms with E-state index in [9.17, 15) is 0 Å². The van der Waals surface area contributed by atoms with Crippen molar-refractivity contribution < 1.29 is 9.47 Å². The summed E-state index contributed by atoms with van der Waals surface area (Å²) in [6.45, 7) is 0.746. The molecule has 1 aromatic carbocycles. The van der Waals surface area contributed by atoms with Crippen molar-refractivity contribution in [3.8, 4) is 11.5 Å². The predicted molar refractivity (Wildman–Crippen MR) is 77.9 cm³/mol. The van der Waals surface area contributed by atoms with Gasteiger partial charge in [0.25, 0.3) is 0 Å². The number of methoxy groups -OCH3 is 2. The molecule has 0 heterocycles. The normalized spacial score (nSPS) is 17.4. The molecule has 1 unspecified atom stereocenters. The molecule has 0 bridgehead atoms. The van der Waals surface area contributed by atoms with Gasteiger partial charge in [0.1, 0.15) is 0 Å². The molecule has 106 valence electrons. The van der Waals surface area contributed by atoms with Crippen LogP contribution in [-0.4, -0.2) is 20.8 Å². The summed E-state index contributed by atoms with van der Waals surface area (Å²) in [7, 11) is 3.36. The van der Waals surface area contributed by atoms with E-state index in [1.807, 2.05) is 6.07 Å². The van der Waals surface area contributed by atoms with Crippen LogP contribution >= 0.6 is 0 Å². The summed E-state index contributed by atoms with van der Waals surface area (Å²) in [5.74, 6) is 2.96. The monoisotopic (exact) mass is 263 g/mol. The molecule has 2 rings (SSSR count). The fraction of sp³-hybridized carbons (Fsp3) is 0.625. The first-order chi connectivity index (χ1) is 9.30. The van der Waals surface area contributed by atoms with Crippen LogP contribution in [0.5, 0.6) is 11.5 Å². The van der Waals surface area contributed by atoms with Crippen molar-refractivity contribution in [2.75, 3.05) is 20.8 Å². The van der Waals surface area contributed by atoms with E-state index in [2.05, 4.69) is 12.1 Å². The minimum atomic E-state index is 0.562. The number of ether oxygens (including phenoxy) is 2. The Labute approximate surface area is 116 Å². The largest absolute Gasteiger partial charge is 0.493 e. The molecular weight excluding hydrogens is 238 g/mol. The van der Waals surface area contributed by atoms with Gasteiger partial charge in [0.2, 0.25) is 0 Å². The Morgan fingerprint density at radius 3 is 2.42 bits per heavy atom. The van der Waals surface area contributed by atoms with Crippen molar-refractivity contribution in [3.63, 3.8) is 0 Å². The minimum Gasteiger partial charge on any atom is -0.493 e. The van der Waals surface area contributed by atoms with Gasteiger partial charge in [0.15, 0.2) is 11.5 Å². The van der Waals surface area contributed by atoms with Crippen LogP contribution in [0, 0.1) is 5.92 Å². The number of hydrogen-bond donors (Lipinski definition) is 1. The van der Waals surface area contributed by atoms with E-state index in [1.54, 1.807) is 14.2 Å². The van der Waals surface area contributed by atoms with E-state index < -0.39 is 0 Å². The summed E-state index contributed by atoms with van der Waals surface area (Å²) >= 11 is 0. The van der Waals surface area contributed by atoms with Gasteiger partial charge in [-0.3, -0.25) is 0 Å². The average molecular weight is 263 g/mol. The van der Waals surface area contributed by atoms with Crippen LogP contribution in [0.15, 0.2) is 18.2 Å². The molecule has 3 heteroatoms. The second-order valence-electron chi connectivity index (χ2n) is 5.34. The molecule has 1 fully saturated rings. The Hall–Kier alpha value is -1.22. The van der Waals surface area contributed by atoms with Crippen molar-refractivity contribution in [2.45, 2.75) is 38.0 Å². The SMILES string of the molecule is COc1ccc(C(CCN)C2CCCC2)cc1OC. The molecule has 2 N–H and O–H groups in total. The highest BCUT2D eigenvalue weighted by atomic mass is 16.5. The van der Waals surface area contributed by atoms with E-state index in [0.717, 1.165) is 30.4 Å². The van der Waals surface area contributed by atoms with Crippen molar-refractivity contribution in [3.05, 3.63) is 23.8 Å². The molecule has 1 atom stereocenters. The van der Waals surface area contributed by atoms with Crippen molar-refractivity contribution in [2.24, 2.45) is 11.7 Å². The summed E-state index contributed by atoms with van der Waals surface area (Å²) in [6, 6.07) is 6.30. The maximum atomic E-state index is 5.81. The second-order valence-corrected chi connectivity index (χ2v) is 5.34. The first kappa shape index (κ1) is 14.2. The van der Waals surface area contributed by atoms with Crippen molar-refractivity contribution in [1.29, 1.82) is 0 Å². The zero-order chi connectivity index (χ0) is 13.7. The smallest absolute Gasteiger partial charge is 0.160 e. The lowest BCUT2D eigenvalue weighted by atomic mass is 9.82. The number of hydrogen-bond acceptors (Lipinski definition) is 3. The van der Waals surface area contributed by atoms with Gasteiger partial charge >= 0.3 is 0 Å². The molecule has 0 aromatic heterocycles. The van der Waals surface area contributed by atoms with Crippen LogP contribution in [0.4, 0.5) is 0 Å². The molecule has 0 radical (unpaired) electrons. The van der Waals surface area contributed by atoms with E-state index in [0.29, 0.717) is 5.92 Å². The Bertz CT molecular complexity index is 400. The first-order valence-electron chi connectivity index (χ1n) is 7.22. The van der Waals surface area contributed by atoms with E-state index in [1.165, 1.54) is 31.2 Å². The van der Waals surface area contributed by atoms with Crippen LogP contribution in [0.3, 0.4) is 0 Å². The topological polar surface area (TPSA) is 44.5 Å². The first-order valence-corrected chi connectivity index (χ1v) is 7.22. The molecule has 0 spiro atoms. The fourth-order valence-corrected chi connectivity index (χ4v) is 3.30. The van der Waals surface area contributed by atoms with Gasteiger partial charge in [0, 0.05) is 0 Å². The van der Waals surface area contributed by atoms with Crippen molar-refractivity contribution in [1.82, 2.24) is 0 Å². The van der Waals surface area contributed by atoms with Gasteiger partial charge in [-0.25, -0.2) is 0 Å². The molecule has 1 aromatic rings. The Kier molecular flexibility index (Phi) is 5.08. The van der Waals surface area contributed by atoms with Crippen LogP contribution in [-0.2, 0) is 0 Å². The van der Waals surface area contributed by atoms with E-state index in [4.69, 9.17) is 15.2 Å². The van der Waals surface area contributed by atoms with Crippen LogP contribution in [0.1, 0.15) is 43.6 Å². The Balaban J connectivity index is 2.25. The highest BCUT2D eigenvalue weighted by Crippen LogP contribution is 2.41. The van der Waals surface area contributed by atoms with Gasteiger partial charge in [-0.05, 0) is 55.3 Å². The molecule has 0 saturated heterocycles. The summed E-state index contributed by atoms with van der Waals surface area (Å²) in [5, 5.41) is 0. The standard InChI is InChI=1S/C16H25NO2/c1-18-15-8-7-13(11-16(15)19-2)14(9-10-17)12-5-3-4-6-12/h7-8,11-12,14H,3-6,9-10,17H2,1-2H3. The summed E-state index contributed by atoms with van der Waals surface area (Å²) < 4.78 is 10.7. The third-order valence-corrected chi connectivity index (χ3v) is 4.28. The Morgan fingerprint density at radius 1 is 1.16 bits per heavy atom. The lowest BCUT2D eigenvalue weighted by Crippen LogP contribution is -2.15. The zero-order valence-corrected chi connectivity index (χ0v) is 12.0. The van der Waals surface area contributed by atoms with Gasteiger partial charge in [-0.2, -0.15) is 0 Å². The average Bonchev–Trinajstić information content (AvgIpc) is 2.98. The summed E-state index contributed by atoms with van der Waals surface area (Å²) in [6.07, 6.45) is 6.44. The molecular formula is C16H25NO2. The lowest BCUT2D eigenvalue weighted by Gasteiger charge is -2.24. The van der Waals surface area contributed by atoms with E-state index in [-0.39, 0.29) is 0 Å². The van der Waals surface area contributed by atoms with Crippen LogP contribution in [0.25, 0.3) is 0 Å². The molecule has 19 heavy (non-hydrogen) atoms. The van der Waals surface area contributed by atoms with Gasteiger partial charge < -0.3 is 15.2 Å². The van der Waals surface area contributed by atoms with Crippen LogP contribution in [0.2, 0.25) is 0 Å². The molecule has 1 aliphatic carbocycles. The second kappa shape index (κ2) is 6.80. The van der Waals surface area contributed by atoms with E-state index >= 15 is 0 Å².